The first-order chi connectivity index (χ1) is 15.5. The van der Waals surface area contributed by atoms with E-state index in [-0.39, 0.29) is 22.4 Å². The first-order valence-electron chi connectivity index (χ1n) is 10.6. The third-order valence-electron chi connectivity index (χ3n) is 4.96. The Labute approximate surface area is 185 Å². The Kier molecular flexibility index (Phi) is 7.99. The molecule has 0 radical (unpaired) electrons. The number of hydroxylamine groups is 1. The second-order valence-corrected chi connectivity index (χ2v) is 7.34. The molecule has 2 amide bonds. The standard InChI is InChI=1S/C24H26N2O6/c1-2-3-4-5-6-14-31-17-12-10-16(11-13-17)23(28)25-19-9-7-8-18-20(27)15-21(24(29)26-30)32-22(18)19/h7-13,15,30H,2-6,14H2,1H3,(H,25,28)(H,26,29). The molecule has 168 valence electrons. The molecule has 0 saturated heterocycles. The number of rotatable bonds is 10. The Morgan fingerprint density at radius 3 is 2.47 bits per heavy atom. The average molecular weight is 438 g/mol. The highest BCUT2D eigenvalue weighted by atomic mass is 16.5. The van der Waals surface area contributed by atoms with Crippen LogP contribution in [0.2, 0.25) is 0 Å². The molecule has 0 saturated carbocycles. The van der Waals surface area contributed by atoms with Crippen molar-refractivity contribution in [3.8, 4) is 5.75 Å². The lowest BCUT2D eigenvalue weighted by molar-refractivity contribution is 0.0676. The van der Waals surface area contributed by atoms with Crippen molar-refractivity contribution in [2.45, 2.75) is 39.0 Å². The van der Waals surface area contributed by atoms with E-state index in [0.29, 0.717) is 17.9 Å². The third-order valence-corrected chi connectivity index (χ3v) is 4.96. The summed E-state index contributed by atoms with van der Waals surface area (Å²) >= 11 is 0. The maximum Gasteiger partial charge on any atom is 0.310 e. The number of benzene rings is 2. The Morgan fingerprint density at radius 1 is 1.00 bits per heavy atom. The molecule has 8 nitrogen and oxygen atoms in total. The zero-order chi connectivity index (χ0) is 22.9. The monoisotopic (exact) mass is 438 g/mol. The van der Waals surface area contributed by atoms with Gasteiger partial charge in [-0.1, -0.05) is 38.7 Å². The number of carbonyl (C=O) groups excluding carboxylic acids is 2. The fourth-order valence-electron chi connectivity index (χ4n) is 3.24. The van der Waals surface area contributed by atoms with E-state index >= 15 is 0 Å². The lowest BCUT2D eigenvalue weighted by Crippen LogP contribution is -2.20. The predicted molar refractivity (Wildman–Crippen MR) is 120 cm³/mol. The van der Waals surface area contributed by atoms with Crippen molar-refractivity contribution in [1.29, 1.82) is 0 Å². The minimum atomic E-state index is -0.967. The quantitative estimate of drug-likeness (QED) is 0.243. The van der Waals surface area contributed by atoms with Crippen LogP contribution < -0.4 is 21.0 Å². The van der Waals surface area contributed by atoms with Gasteiger partial charge < -0.3 is 14.5 Å². The first kappa shape index (κ1) is 23.0. The van der Waals surface area contributed by atoms with Crippen LogP contribution in [0.25, 0.3) is 11.0 Å². The van der Waals surface area contributed by atoms with E-state index in [9.17, 15) is 14.4 Å². The average Bonchev–Trinajstić information content (AvgIpc) is 2.81. The lowest BCUT2D eigenvalue weighted by atomic mass is 10.1. The number of fused-ring (bicyclic) bond motifs is 1. The van der Waals surface area contributed by atoms with Gasteiger partial charge in [-0.3, -0.25) is 19.6 Å². The van der Waals surface area contributed by atoms with Gasteiger partial charge in [-0.05, 0) is 42.8 Å². The number of anilines is 1. The van der Waals surface area contributed by atoms with E-state index in [0.717, 1.165) is 18.9 Å². The van der Waals surface area contributed by atoms with E-state index in [1.165, 1.54) is 30.8 Å². The number of amides is 2. The number of carbonyl (C=O) groups is 2. The van der Waals surface area contributed by atoms with E-state index in [1.54, 1.807) is 36.4 Å². The summed E-state index contributed by atoms with van der Waals surface area (Å²) in [6.07, 6.45) is 5.77. The molecule has 0 unspecified atom stereocenters. The molecule has 0 spiro atoms. The van der Waals surface area contributed by atoms with Crippen LogP contribution in [0.3, 0.4) is 0 Å². The van der Waals surface area contributed by atoms with Gasteiger partial charge in [0.05, 0.1) is 17.7 Å². The van der Waals surface area contributed by atoms with Crippen molar-refractivity contribution in [2.24, 2.45) is 0 Å². The molecular weight excluding hydrogens is 412 g/mol. The highest BCUT2D eigenvalue weighted by molar-refractivity contribution is 6.08. The molecule has 0 atom stereocenters. The molecule has 3 rings (SSSR count). The van der Waals surface area contributed by atoms with E-state index in [2.05, 4.69) is 12.2 Å². The SMILES string of the molecule is CCCCCCCOc1ccc(C(=O)Nc2cccc3c(=O)cc(C(=O)NO)oc23)cc1. The van der Waals surface area contributed by atoms with Crippen LogP contribution >= 0.6 is 0 Å². The zero-order valence-electron chi connectivity index (χ0n) is 17.8. The second kappa shape index (κ2) is 11.1. The number of hydrogen-bond acceptors (Lipinski definition) is 6. The summed E-state index contributed by atoms with van der Waals surface area (Å²) in [6, 6.07) is 12.4. The lowest BCUT2D eigenvalue weighted by Gasteiger charge is -2.10. The second-order valence-electron chi connectivity index (χ2n) is 7.34. The maximum absolute atomic E-state index is 12.7. The van der Waals surface area contributed by atoms with Crippen molar-refractivity contribution in [3.63, 3.8) is 0 Å². The smallest absolute Gasteiger partial charge is 0.310 e. The van der Waals surface area contributed by atoms with Crippen molar-refractivity contribution < 1.29 is 24.0 Å². The molecule has 3 N–H and O–H groups in total. The zero-order valence-corrected chi connectivity index (χ0v) is 17.8. The van der Waals surface area contributed by atoms with Gasteiger partial charge in [0.2, 0.25) is 0 Å². The van der Waals surface area contributed by atoms with Gasteiger partial charge in [-0.15, -0.1) is 0 Å². The topological polar surface area (TPSA) is 118 Å². The van der Waals surface area contributed by atoms with E-state index in [1.807, 2.05) is 0 Å². The van der Waals surface area contributed by atoms with Crippen molar-refractivity contribution >= 4 is 28.5 Å². The van der Waals surface area contributed by atoms with Gasteiger partial charge >= 0.3 is 5.91 Å². The van der Waals surface area contributed by atoms with E-state index in [4.69, 9.17) is 14.4 Å². The number of hydrogen-bond donors (Lipinski definition) is 3. The first-order valence-corrected chi connectivity index (χ1v) is 10.6. The molecule has 8 heteroatoms. The fourth-order valence-corrected chi connectivity index (χ4v) is 3.24. The van der Waals surface area contributed by atoms with E-state index < -0.39 is 17.2 Å². The van der Waals surface area contributed by atoms with Crippen LogP contribution in [-0.2, 0) is 0 Å². The minimum absolute atomic E-state index is 0.0370. The Hall–Kier alpha value is -3.65. The Balaban J connectivity index is 1.69. The van der Waals surface area contributed by atoms with Crippen molar-refractivity contribution in [1.82, 2.24) is 5.48 Å². The number of unbranched alkanes of at least 4 members (excludes halogenated alkanes) is 4. The van der Waals surface area contributed by atoms with Crippen LogP contribution in [0.15, 0.2) is 57.7 Å². The normalized spacial score (nSPS) is 10.7. The molecule has 32 heavy (non-hydrogen) atoms. The predicted octanol–water partition coefficient (Wildman–Crippen LogP) is 4.51. The van der Waals surface area contributed by atoms with Crippen LogP contribution in [0.4, 0.5) is 5.69 Å². The van der Waals surface area contributed by atoms with Gasteiger partial charge in [-0.2, -0.15) is 0 Å². The fraction of sp³-hybridized carbons (Fsp3) is 0.292. The highest BCUT2D eigenvalue weighted by Crippen LogP contribution is 2.23. The molecule has 2 aromatic carbocycles. The van der Waals surface area contributed by atoms with Crippen LogP contribution in [0.5, 0.6) is 5.75 Å². The third kappa shape index (κ3) is 5.73. The van der Waals surface area contributed by atoms with Gasteiger partial charge in [0, 0.05) is 11.6 Å². The van der Waals surface area contributed by atoms with Gasteiger partial charge in [0.25, 0.3) is 5.91 Å². The maximum atomic E-state index is 12.7. The molecular formula is C24H26N2O6. The Bertz CT molecular complexity index is 1140. The highest BCUT2D eigenvalue weighted by Gasteiger charge is 2.16. The molecule has 1 heterocycles. The summed E-state index contributed by atoms with van der Waals surface area (Å²) in [6.45, 7) is 2.81. The molecule has 0 aliphatic heterocycles. The Morgan fingerprint density at radius 2 is 1.75 bits per heavy atom. The minimum Gasteiger partial charge on any atom is -0.494 e. The number of para-hydroxylation sites is 1. The number of ether oxygens (including phenoxy) is 1. The summed E-state index contributed by atoms with van der Waals surface area (Å²) in [5.74, 6) is -1.06. The van der Waals surface area contributed by atoms with Crippen LogP contribution in [-0.4, -0.2) is 23.6 Å². The summed E-state index contributed by atoms with van der Waals surface area (Å²) in [5.41, 5.74) is 1.60. The van der Waals surface area contributed by atoms with Crippen molar-refractivity contribution in [2.75, 3.05) is 11.9 Å². The molecule has 0 bridgehead atoms. The van der Waals surface area contributed by atoms with Gasteiger partial charge in [0.1, 0.15) is 5.75 Å². The molecule has 0 aliphatic carbocycles. The van der Waals surface area contributed by atoms with Crippen LogP contribution in [0, 0.1) is 0 Å². The largest absolute Gasteiger partial charge is 0.494 e. The summed E-state index contributed by atoms with van der Waals surface area (Å²) in [4.78, 5) is 36.6. The van der Waals surface area contributed by atoms with Gasteiger partial charge in [-0.25, -0.2) is 5.48 Å². The number of nitrogens with one attached hydrogen (secondary N) is 2. The van der Waals surface area contributed by atoms with Crippen molar-refractivity contribution in [3.05, 3.63) is 70.1 Å². The molecule has 3 aromatic rings. The summed E-state index contributed by atoms with van der Waals surface area (Å²) in [5, 5.41) is 11.7. The molecule has 0 fully saturated rings. The van der Waals surface area contributed by atoms with Gasteiger partial charge in [0.15, 0.2) is 16.8 Å². The molecule has 0 aliphatic rings. The summed E-state index contributed by atoms with van der Waals surface area (Å²) in [7, 11) is 0. The van der Waals surface area contributed by atoms with Crippen LogP contribution in [0.1, 0.15) is 59.9 Å². The summed E-state index contributed by atoms with van der Waals surface area (Å²) < 4.78 is 11.2. The molecule has 1 aromatic heterocycles.